The zero-order chi connectivity index (χ0) is 25.2. The van der Waals surface area contributed by atoms with Gasteiger partial charge in [0.15, 0.2) is 0 Å². The summed E-state index contributed by atoms with van der Waals surface area (Å²) in [4.78, 5) is 18.5. The van der Waals surface area contributed by atoms with Gasteiger partial charge in [0.05, 0.1) is 14.2 Å². The van der Waals surface area contributed by atoms with Crippen molar-refractivity contribution in [2.24, 2.45) is 0 Å². The number of fused-ring (bicyclic) bond motifs is 1. The van der Waals surface area contributed by atoms with Crippen LogP contribution >= 0.6 is 0 Å². The van der Waals surface area contributed by atoms with Crippen LogP contribution in [0.15, 0.2) is 47.5 Å². The van der Waals surface area contributed by atoms with Gasteiger partial charge < -0.3 is 19.4 Å². The van der Waals surface area contributed by atoms with E-state index in [1.807, 2.05) is 23.1 Å². The van der Waals surface area contributed by atoms with Crippen molar-refractivity contribution < 1.29 is 22.7 Å². The minimum absolute atomic E-state index is 0.0252. The van der Waals surface area contributed by atoms with E-state index < -0.39 is 10.0 Å². The van der Waals surface area contributed by atoms with Crippen molar-refractivity contribution in [2.45, 2.75) is 37.5 Å². The Labute approximate surface area is 206 Å². The van der Waals surface area contributed by atoms with Gasteiger partial charge in [-0.05, 0) is 60.7 Å². The number of rotatable bonds is 8. The van der Waals surface area contributed by atoms with Gasteiger partial charge in [0.1, 0.15) is 16.4 Å². The highest BCUT2D eigenvalue weighted by Gasteiger charge is 2.30. The van der Waals surface area contributed by atoms with E-state index in [9.17, 15) is 13.2 Å². The fourth-order valence-electron chi connectivity index (χ4n) is 4.88. The molecule has 1 amide bonds. The molecule has 0 unspecified atom stereocenters. The number of nitrogens with one attached hydrogen (secondary N) is 1. The Hall–Kier alpha value is -3.04. The van der Waals surface area contributed by atoms with Gasteiger partial charge in [-0.1, -0.05) is 13.8 Å². The number of methoxy groups -OCH3 is 2. The average molecular weight is 500 g/mol. The number of amides is 1. The van der Waals surface area contributed by atoms with Crippen molar-refractivity contribution in [3.05, 3.63) is 53.7 Å². The second kappa shape index (κ2) is 10.3. The van der Waals surface area contributed by atoms with Gasteiger partial charge in [-0.2, -0.15) is 4.31 Å². The minimum Gasteiger partial charge on any atom is -0.497 e. The summed E-state index contributed by atoms with van der Waals surface area (Å²) in [6.45, 7) is 5.46. The van der Waals surface area contributed by atoms with E-state index in [0.717, 1.165) is 29.5 Å². The Morgan fingerprint density at radius 1 is 1.06 bits per heavy atom. The number of hydrogen-bond donors (Lipinski definition) is 1. The van der Waals surface area contributed by atoms with E-state index in [1.165, 1.54) is 23.0 Å². The highest BCUT2D eigenvalue weighted by molar-refractivity contribution is 7.89. The Kier molecular flexibility index (Phi) is 7.37. The molecule has 9 heteroatoms. The van der Waals surface area contributed by atoms with E-state index >= 15 is 0 Å². The van der Waals surface area contributed by atoms with E-state index in [4.69, 9.17) is 9.47 Å². The van der Waals surface area contributed by atoms with Crippen LogP contribution < -0.4 is 9.47 Å². The lowest BCUT2D eigenvalue weighted by Crippen LogP contribution is -2.38. The second-order valence-electron chi connectivity index (χ2n) is 8.68. The Bertz CT molecular complexity index is 1310. The number of H-pyrrole nitrogens is 1. The number of aromatic nitrogens is 1. The van der Waals surface area contributed by atoms with Gasteiger partial charge in [0.25, 0.3) is 5.91 Å². The summed E-state index contributed by atoms with van der Waals surface area (Å²) < 4.78 is 38.4. The van der Waals surface area contributed by atoms with Crippen LogP contribution in [0.3, 0.4) is 0 Å². The van der Waals surface area contributed by atoms with Crippen molar-refractivity contribution in [2.75, 3.05) is 40.4 Å². The highest BCUT2D eigenvalue weighted by Crippen LogP contribution is 2.35. The first kappa shape index (κ1) is 25.1. The molecule has 3 aromatic rings. The second-order valence-corrected chi connectivity index (χ2v) is 10.6. The summed E-state index contributed by atoms with van der Waals surface area (Å²) in [5.74, 6) is 1.22. The summed E-state index contributed by atoms with van der Waals surface area (Å²) >= 11 is 0. The van der Waals surface area contributed by atoms with Crippen LogP contribution in [-0.4, -0.2) is 68.9 Å². The predicted molar refractivity (Wildman–Crippen MR) is 136 cm³/mol. The van der Waals surface area contributed by atoms with Gasteiger partial charge in [0, 0.05) is 48.8 Å². The molecule has 4 rings (SSSR count). The first-order chi connectivity index (χ1) is 16.8. The molecule has 2 heterocycles. The number of likely N-dealkylation sites (tertiary alicyclic amines) is 1. The standard InChI is InChI=1S/C26H33N3O5S/c1-5-29(6-2)35(31,32)25-15-19(7-10-24(25)34-4)26(30)28-13-11-18(12-14-28)22-17-27-23-9-8-20(33-3)16-21(22)23/h7-10,15-18,27H,5-6,11-14H2,1-4H3. The molecule has 0 saturated carbocycles. The Morgan fingerprint density at radius 3 is 2.40 bits per heavy atom. The lowest BCUT2D eigenvalue weighted by molar-refractivity contribution is 0.0713. The molecule has 1 fully saturated rings. The third-order valence-corrected chi connectivity index (χ3v) is 8.95. The van der Waals surface area contributed by atoms with Crippen molar-refractivity contribution in [1.29, 1.82) is 0 Å². The van der Waals surface area contributed by atoms with E-state index in [-0.39, 0.29) is 16.6 Å². The SMILES string of the molecule is CCN(CC)S(=O)(=O)c1cc(C(=O)N2CCC(c3c[nH]c4ccc(OC)cc34)CC2)ccc1OC. The molecule has 35 heavy (non-hydrogen) atoms. The topological polar surface area (TPSA) is 91.9 Å². The van der Waals surface area contributed by atoms with Crippen LogP contribution in [0.25, 0.3) is 10.9 Å². The zero-order valence-electron chi connectivity index (χ0n) is 20.7. The molecule has 1 N–H and O–H groups in total. The average Bonchev–Trinajstić information content (AvgIpc) is 3.31. The first-order valence-electron chi connectivity index (χ1n) is 12.0. The lowest BCUT2D eigenvalue weighted by atomic mass is 9.89. The monoisotopic (exact) mass is 499 g/mol. The number of sulfonamides is 1. The van der Waals surface area contributed by atoms with Gasteiger partial charge in [-0.15, -0.1) is 0 Å². The first-order valence-corrected chi connectivity index (χ1v) is 13.4. The van der Waals surface area contributed by atoms with Gasteiger partial charge in [0.2, 0.25) is 10.0 Å². The molecule has 188 valence electrons. The molecule has 0 atom stereocenters. The van der Waals surface area contributed by atoms with E-state index in [1.54, 1.807) is 33.1 Å². The number of nitrogens with zero attached hydrogens (tertiary/aromatic N) is 2. The lowest BCUT2D eigenvalue weighted by Gasteiger charge is -2.32. The van der Waals surface area contributed by atoms with Gasteiger partial charge >= 0.3 is 0 Å². The molecule has 2 aromatic carbocycles. The fraction of sp³-hybridized carbons (Fsp3) is 0.423. The minimum atomic E-state index is -3.77. The molecule has 0 radical (unpaired) electrons. The summed E-state index contributed by atoms with van der Waals surface area (Å²) in [6.07, 6.45) is 3.72. The molecule has 0 spiro atoms. The van der Waals surface area contributed by atoms with Crippen LogP contribution in [0.1, 0.15) is 48.5 Å². The molecule has 1 aliphatic rings. The quantitative estimate of drug-likeness (QED) is 0.501. The molecule has 0 aliphatic carbocycles. The molecular weight excluding hydrogens is 466 g/mol. The van der Waals surface area contributed by atoms with Crippen molar-refractivity contribution in [3.8, 4) is 11.5 Å². The molecule has 0 bridgehead atoms. The third kappa shape index (κ3) is 4.75. The Balaban J connectivity index is 1.53. The number of aromatic amines is 1. The largest absolute Gasteiger partial charge is 0.497 e. The van der Waals surface area contributed by atoms with E-state index in [2.05, 4.69) is 11.2 Å². The Morgan fingerprint density at radius 2 is 1.77 bits per heavy atom. The van der Waals surface area contributed by atoms with Crippen LogP contribution in [0.2, 0.25) is 0 Å². The maximum atomic E-state index is 13.3. The fourth-order valence-corrected chi connectivity index (χ4v) is 6.52. The number of hydrogen-bond acceptors (Lipinski definition) is 5. The molecule has 1 saturated heterocycles. The molecular formula is C26H33N3O5S. The van der Waals surface area contributed by atoms with Crippen LogP contribution in [-0.2, 0) is 10.0 Å². The molecule has 1 aromatic heterocycles. The molecule has 1 aliphatic heterocycles. The third-order valence-electron chi connectivity index (χ3n) is 6.88. The van der Waals surface area contributed by atoms with Gasteiger partial charge in [-0.3, -0.25) is 4.79 Å². The van der Waals surface area contributed by atoms with Crippen LogP contribution in [0.5, 0.6) is 11.5 Å². The zero-order valence-corrected chi connectivity index (χ0v) is 21.5. The molecule has 8 nitrogen and oxygen atoms in total. The summed E-state index contributed by atoms with van der Waals surface area (Å²) in [6, 6.07) is 10.7. The summed E-state index contributed by atoms with van der Waals surface area (Å²) in [5, 5.41) is 1.15. The van der Waals surface area contributed by atoms with Crippen molar-refractivity contribution >= 4 is 26.8 Å². The van der Waals surface area contributed by atoms with Gasteiger partial charge in [-0.25, -0.2) is 8.42 Å². The van der Waals surface area contributed by atoms with Crippen molar-refractivity contribution in [3.63, 3.8) is 0 Å². The van der Waals surface area contributed by atoms with Crippen LogP contribution in [0.4, 0.5) is 0 Å². The highest BCUT2D eigenvalue weighted by atomic mass is 32.2. The number of carbonyl (C=O) groups excluding carboxylic acids is 1. The van der Waals surface area contributed by atoms with Crippen LogP contribution in [0, 0.1) is 0 Å². The summed E-state index contributed by atoms with van der Waals surface area (Å²) in [7, 11) is -0.676. The maximum absolute atomic E-state index is 13.3. The van der Waals surface area contributed by atoms with E-state index in [0.29, 0.717) is 37.7 Å². The number of benzene rings is 2. The number of piperidine rings is 1. The summed E-state index contributed by atoms with van der Waals surface area (Å²) in [5.41, 5.74) is 2.66. The van der Waals surface area contributed by atoms with Crippen molar-refractivity contribution in [1.82, 2.24) is 14.2 Å². The number of carbonyl (C=O) groups is 1. The maximum Gasteiger partial charge on any atom is 0.253 e. The number of ether oxygens (including phenoxy) is 2. The smallest absolute Gasteiger partial charge is 0.253 e. The predicted octanol–water partition coefficient (Wildman–Crippen LogP) is 4.24. The normalized spacial score (nSPS) is 15.1.